The molecule has 1 aromatic heterocycles. The van der Waals surface area contributed by atoms with Crippen LogP contribution in [0.15, 0.2) is 36.5 Å². The van der Waals surface area contributed by atoms with Crippen LogP contribution in [0.5, 0.6) is 5.75 Å². The Hall–Kier alpha value is -2.15. The zero-order chi connectivity index (χ0) is 15.5. The zero-order valence-electron chi connectivity index (χ0n) is 10.8. The van der Waals surface area contributed by atoms with E-state index in [1.165, 1.54) is 0 Å². The summed E-state index contributed by atoms with van der Waals surface area (Å²) < 4.78 is 56.2. The monoisotopic (exact) mass is 300 g/mol. The summed E-state index contributed by atoms with van der Waals surface area (Å²) in [6.45, 7) is 0.194. The van der Waals surface area contributed by atoms with Gasteiger partial charge in [0.05, 0.1) is 11.3 Å². The number of benzene rings is 1. The summed E-state index contributed by atoms with van der Waals surface area (Å²) in [6.07, 6.45) is -3.20. The Morgan fingerprint density at radius 3 is 2.62 bits per heavy atom. The molecular formula is C14H12F4N2O. The molecule has 0 fully saturated rings. The molecule has 2 rings (SSSR count). The van der Waals surface area contributed by atoms with Crippen LogP contribution >= 0.6 is 0 Å². The summed E-state index contributed by atoms with van der Waals surface area (Å²) in [7, 11) is 0. The van der Waals surface area contributed by atoms with E-state index in [-0.39, 0.29) is 18.9 Å². The molecule has 112 valence electrons. The maximum atomic E-state index is 13.1. The van der Waals surface area contributed by atoms with E-state index in [0.29, 0.717) is 17.3 Å². The van der Waals surface area contributed by atoms with Gasteiger partial charge < -0.3 is 10.5 Å². The van der Waals surface area contributed by atoms with Crippen molar-refractivity contribution in [3.05, 3.63) is 59.2 Å². The van der Waals surface area contributed by atoms with Gasteiger partial charge in [0.2, 0.25) is 0 Å². The summed E-state index contributed by atoms with van der Waals surface area (Å²) in [5.41, 5.74) is 5.41. The predicted octanol–water partition coefficient (Wildman–Crippen LogP) is 3.28. The molecule has 0 atom stereocenters. The van der Waals surface area contributed by atoms with Crippen LogP contribution in [0.4, 0.5) is 17.6 Å². The number of alkyl halides is 3. The molecule has 2 aromatic rings. The first-order chi connectivity index (χ1) is 9.91. The number of hydrogen-bond donors (Lipinski definition) is 1. The van der Waals surface area contributed by atoms with Gasteiger partial charge in [-0.3, -0.25) is 4.98 Å². The molecule has 21 heavy (non-hydrogen) atoms. The van der Waals surface area contributed by atoms with Gasteiger partial charge in [-0.1, -0.05) is 6.07 Å². The average molecular weight is 300 g/mol. The number of ether oxygens (including phenoxy) is 1. The molecule has 1 aromatic carbocycles. The summed E-state index contributed by atoms with van der Waals surface area (Å²) in [5, 5.41) is 0. The van der Waals surface area contributed by atoms with Crippen LogP contribution < -0.4 is 10.5 Å². The Balaban J connectivity index is 2.17. The average Bonchev–Trinajstić information content (AvgIpc) is 2.45. The fourth-order valence-corrected chi connectivity index (χ4v) is 1.76. The van der Waals surface area contributed by atoms with Gasteiger partial charge >= 0.3 is 6.18 Å². The van der Waals surface area contributed by atoms with Crippen LogP contribution in [0, 0.1) is 5.82 Å². The molecule has 0 aliphatic rings. The minimum atomic E-state index is -4.76. The first kappa shape index (κ1) is 15.2. The Labute approximate surface area is 118 Å². The third-order valence-electron chi connectivity index (χ3n) is 2.82. The second-order valence-corrected chi connectivity index (χ2v) is 4.24. The van der Waals surface area contributed by atoms with Gasteiger partial charge in [-0.05, 0) is 24.3 Å². The molecule has 1 heterocycles. The van der Waals surface area contributed by atoms with Gasteiger partial charge in [0.25, 0.3) is 0 Å². The number of pyridine rings is 1. The van der Waals surface area contributed by atoms with Crippen molar-refractivity contribution in [3.8, 4) is 5.75 Å². The smallest absolute Gasteiger partial charge is 0.419 e. The van der Waals surface area contributed by atoms with Crippen molar-refractivity contribution < 1.29 is 22.3 Å². The van der Waals surface area contributed by atoms with Gasteiger partial charge in [-0.25, -0.2) is 4.39 Å². The van der Waals surface area contributed by atoms with Crippen LogP contribution in [0.2, 0.25) is 0 Å². The molecule has 0 bridgehead atoms. The van der Waals surface area contributed by atoms with Crippen molar-refractivity contribution in [1.82, 2.24) is 4.98 Å². The fraction of sp³-hybridized carbons (Fsp3) is 0.214. The Morgan fingerprint density at radius 2 is 1.95 bits per heavy atom. The van der Waals surface area contributed by atoms with Crippen molar-refractivity contribution in [2.45, 2.75) is 19.3 Å². The summed E-state index contributed by atoms with van der Waals surface area (Å²) >= 11 is 0. The lowest BCUT2D eigenvalue weighted by Gasteiger charge is -2.12. The van der Waals surface area contributed by atoms with Gasteiger partial charge in [-0.2, -0.15) is 13.2 Å². The maximum absolute atomic E-state index is 13.1. The number of halogens is 4. The van der Waals surface area contributed by atoms with E-state index < -0.39 is 17.6 Å². The minimum absolute atomic E-state index is 0.00328. The molecule has 0 aliphatic carbocycles. The Kier molecular flexibility index (Phi) is 4.42. The van der Waals surface area contributed by atoms with E-state index in [1.54, 1.807) is 18.3 Å². The largest absolute Gasteiger partial charge is 0.489 e. The van der Waals surface area contributed by atoms with Crippen LogP contribution in [-0.2, 0) is 19.3 Å². The molecule has 0 amide bonds. The van der Waals surface area contributed by atoms with E-state index in [9.17, 15) is 17.6 Å². The molecule has 0 saturated carbocycles. The quantitative estimate of drug-likeness (QED) is 0.882. The van der Waals surface area contributed by atoms with E-state index in [1.807, 2.05) is 0 Å². The third-order valence-corrected chi connectivity index (χ3v) is 2.82. The lowest BCUT2D eigenvalue weighted by atomic mass is 10.2. The molecule has 0 unspecified atom stereocenters. The van der Waals surface area contributed by atoms with Crippen molar-refractivity contribution in [3.63, 3.8) is 0 Å². The van der Waals surface area contributed by atoms with E-state index >= 15 is 0 Å². The van der Waals surface area contributed by atoms with Gasteiger partial charge in [0, 0.05) is 18.3 Å². The highest BCUT2D eigenvalue weighted by molar-refractivity contribution is 5.32. The standard InChI is InChI=1S/C14H12F4N2O/c15-12-4-3-10(6-11(12)14(16,17)18)21-8-9-2-1-5-20-13(9)7-19/h1-6H,7-8,19H2. The molecule has 7 heteroatoms. The number of rotatable bonds is 4. The third kappa shape index (κ3) is 3.69. The van der Waals surface area contributed by atoms with Crippen LogP contribution in [0.3, 0.4) is 0 Å². The number of nitrogens with zero attached hydrogens (tertiary/aromatic N) is 1. The van der Waals surface area contributed by atoms with Crippen molar-refractivity contribution in [1.29, 1.82) is 0 Å². The second kappa shape index (κ2) is 6.09. The second-order valence-electron chi connectivity index (χ2n) is 4.24. The van der Waals surface area contributed by atoms with Crippen LogP contribution in [0.25, 0.3) is 0 Å². The molecule has 0 radical (unpaired) electrons. The first-order valence-electron chi connectivity index (χ1n) is 6.04. The normalized spacial score (nSPS) is 11.5. The fourth-order valence-electron chi connectivity index (χ4n) is 1.76. The van der Waals surface area contributed by atoms with E-state index in [2.05, 4.69) is 4.98 Å². The summed E-state index contributed by atoms with van der Waals surface area (Å²) in [6, 6.07) is 5.88. The highest BCUT2D eigenvalue weighted by Gasteiger charge is 2.34. The Bertz CT molecular complexity index is 629. The maximum Gasteiger partial charge on any atom is 0.419 e. The molecule has 2 N–H and O–H groups in total. The van der Waals surface area contributed by atoms with Crippen LogP contribution in [-0.4, -0.2) is 4.98 Å². The van der Waals surface area contributed by atoms with E-state index in [0.717, 1.165) is 12.1 Å². The SMILES string of the molecule is NCc1ncccc1COc1ccc(F)c(C(F)(F)F)c1. The predicted molar refractivity (Wildman–Crippen MR) is 67.9 cm³/mol. The number of hydrogen-bond acceptors (Lipinski definition) is 3. The van der Waals surface area contributed by atoms with Gasteiger partial charge in [-0.15, -0.1) is 0 Å². The number of aromatic nitrogens is 1. The minimum Gasteiger partial charge on any atom is -0.489 e. The zero-order valence-corrected chi connectivity index (χ0v) is 10.8. The van der Waals surface area contributed by atoms with Crippen LogP contribution in [0.1, 0.15) is 16.8 Å². The molecule has 0 spiro atoms. The van der Waals surface area contributed by atoms with Crippen molar-refractivity contribution in [2.75, 3.05) is 0 Å². The topological polar surface area (TPSA) is 48.1 Å². The van der Waals surface area contributed by atoms with Gasteiger partial charge in [0.1, 0.15) is 18.2 Å². The summed E-state index contributed by atoms with van der Waals surface area (Å²) in [5.74, 6) is -1.41. The summed E-state index contributed by atoms with van der Waals surface area (Å²) in [4.78, 5) is 4.04. The molecular weight excluding hydrogens is 288 g/mol. The van der Waals surface area contributed by atoms with Gasteiger partial charge in [0.15, 0.2) is 0 Å². The van der Waals surface area contributed by atoms with Crippen molar-refractivity contribution >= 4 is 0 Å². The van der Waals surface area contributed by atoms with Crippen molar-refractivity contribution in [2.24, 2.45) is 5.73 Å². The highest BCUT2D eigenvalue weighted by Crippen LogP contribution is 2.33. The van der Waals surface area contributed by atoms with E-state index in [4.69, 9.17) is 10.5 Å². The molecule has 0 aliphatic heterocycles. The lowest BCUT2D eigenvalue weighted by Crippen LogP contribution is -2.09. The Morgan fingerprint density at radius 1 is 1.19 bits per heavy atom. The first-order valence-corrected chi connectivity index (χ1v) is 6.04. The molecule has 3 nitrogen and oxygen atoms in total. The number of nitrogens with two attached hydrogens (primary N) is 1. The molecule has 0 saturated heterocycles. The lowest BCUT2D eigenvalue weighted by molar-refractivity contribution is -0.140. The highest BCUT2D eigenvalue weighted by atomic mass is 19.4.